The molecule has 0 aliphatic carbocycles. The van der Waals surface area contributed by atoms with E-state index < -0.39 is 5.79 Å². The Morgan fingerprint density at radius 1 is 1.07 bits per heavy atom. The van der Waals surface area contributed by atoms with Crippen molar-refractivity contribution in [3.05, 3.63) is 35.9 Å². The first-order valence-electron chi connectivity index (χ1n) is 3.92. The van der Waals surface area contributed by atoms with Crippen LogP contribution >= 0.6 is 0 Å². The zero-order valence-corrected chi connectivity index (χ0v) is 7.60. The van der Waals surface area contributed by atoms with Gasteiger partial charge in [0.15, 0.2) is 0 Å². The second-order valence-corrected chi connectivity index (χ2v) is 2.70. The van der Waals surface area contributed by atoms with Crippen molar-refractivity contribution in [1.29, 1.82) is 10.5 Å². The lowest BCUT2D eigenvalue weighted by molar-refractivity contribution is -0.151. The molecule has 14 heavy (non-hydrogen) atoms. The molecule has 0 spiro atoms. The molecule has 1 rings (SSSR count). The zero-order chi connectivity index (χ0) is 10.4. The molecule has 0 unspecified atom stereocenters. The third-order valence-electron chi connectivity index (χ3n) is 1.78. The highest BCUT2D eigenvalue weighted by molar-refractivity contribution is 5.20. The molecule has 4 nitrogen and oxygen atoms in total. The van der Waals surface area contributed by atoms with Crippen LogP contribution in [0.25, 0.3) is 0 Å². The summed E-state index contributed by atoms with van der Waals surface area (Å²) < 4.78 is 9.43. The van der Waals surface area contributed by atoms with E-state index in [1.54, 1.807) is 24.3 Å². The number of nitrogens with zero attached hydrogens (tertiary/aromatic N) is 2. The molecular weight excluding hydrogens is 180 g/mol. The molecule has 0 aliphatic heterocycles. The summed E-state index contributed by atoms with van der Waals surface area (Å²) in [7, 11) is 0. The summed E-state index contributed by atoms with van der Waals surface area (Å²) >= 11 is 0. The predicted molar refractivity (Wildman–Crippen MR) is 47.2 cm³/mol. The minimum absolute atomic E-state index is 0.614. The average Bonchev–Trinajstić information content (AvgIpc) is 2.20. The average molecular weight is 188 g/mol. The van der Waals surface area contributed by atoms with Gasteiger partial charge in [-0.15, -0.1) is 0 Å². The molecule has 0 amide bonds. The van der Waals surface area contributed by atoms with Crippen LogP contribution in [0, 0.1) is 23.0 Å². The Labute approximate surface area is 81.9 Å². The van der Waals surface area contributed by atoms with Crippen molar-refractivity contribution in [1.82, 2.24) is 0 Å². The van der Waals surface area contributed by atoms with E-state index in [4.69, 9.17) is 20.0 Å². The fraction of sp³-hybridized carbons (Fsp3) is 0.200. The van der Waals surface area contributed by atoms with Crippen molar-refractivity contribution in [3.8, 4) is 12.5 Å². The molecule has 0 heterocycles. The Kier molecular flexibility index (Phi) is 2.93. The summed E-state index contributed by atoms with van der Waals surface area (Å²) in [6, 6.07) is 8.80. The van der Waals surface area contributed by atoms with Crippen molar-refractivity contribution < 1.29 is 9.47 Å². The van der Waals surface area contributed by atoms with Gasteiger partial charge in [-0.2, -0.15) is 10.5 Å². The molecule has 0 N–H and O–H groups in total. The van der Waals surface area contributed by atoms with Crippen molar-refractivity contribution in [2.45, 2.75) is 12.7 Å². The van der Waals surface area contributed by atoms with Gasteiger partial charge < -0.3 is 9.47 Å². The van der Waals surface area contributed by atoms with Crippen LogP contribution in [0.2, 0.25) is 0 Å². The Morgan fingerprint density at radius 3 is 2.00 bits per heavy atom. The van der Waals surface area contributed by atoms with Crippen LogP contribution in [-0.4, -0.2) is 0 Å². The minimum atomic E-state index is -1.33. The van der Waals surface area contributed by atoms with Crippen LogP contribution in [0.3, 0.4) is 0 Å². The first kappa shape index (κ1) is 9.88. The second kappa shape index (κ2) is 4.15. The van der Waals surface area contributed by atoms with E-state index in [1.165, 1.54) is 19.4 Å². The Hall–Kier alpha value is -2.20. The van der Waals surface area contributed by atoms with Gasteiger partial charge in [-0.05, 0) is 0 Å². The fourth-order valence-corrected chi connectivity index (χ4v) is 1.05. The number of nitriles is 2. The molecule has 1 aromatic rings. The lowest BCUT2D eigenvalue weighted by Crippen LogP contribution is -2.25. The highest BCUT2D eigenvalue weighted by atomic mass is 16.7. The minimum Gasteiger partial charge on any atom is -0.377 e. The van der Waals surface area contributed by atoms with Crippen LogP contribution < -0.4 is 0 Å². The molecule has 0 saturated heterocycles. The fourth-order valence-electron chi connectivity index (χ4n) is 1.05. The molecular formula is C10H8N2O2. The second-order valence-electron chi connectivity index (χ2n) is 2.70. The number of hydrogen-bond acceptors (Lipinski definition) is 4. The van der Waals surface area contributed by atoms with E-state index in [-0.39, 0.29) is 0 Å². The molecule has 0 radical (unpaired) electrons. The quantitative estimate of drug-likeness (QED) is 0.536. The first-order valence-corrected chi connectivity index (χ1v) is 3.92. The summed E-state index contributed by atoms with van der Waals surface area (Å²) in [6.45, 7) is 1.51. The molecule has 0 atom stereocenters. The SMILES string of the molecule is CC(OC#N)(OC#N)c1ccccc1. The summed E-state index contributed by atoms with van der Waals surface area (Å²) in [5.74, 6) is -1.33. The summed E-state index contributed by atoms with van der Waals surface area (Å²) in [4.78, 5) is 0. The van der Waals surface area contributed by atoms with Gasteiger partial charge in [0.2, 0.25) is 0 Å². The Morgan fingerprint density at radius 2 is 1.57 bits per heavy atom. The third-order valence-corrected chi connectivity index (χ3v) is 1.78. The highest BCUT2D eigenvalue weighted by Gasteiger charge is 2.30. The topological polar surface area (TPSA) is 66.0 Å². The molecule has 0 aromatic heterocycles. The van der Waals surface area contributed by atoms with E-state index >= 15 is 0 Å². The van der Waals surface area contributed by atoms with Gasteiger partial charge in [0.25, 0.3) is 18.3 Å². The Bertz CT molecular complexity index is 359. The van der Waals surface area contributed by atoms with Gasteiger partial charge >= 0.3 is 0 Å². The van der Waals surface area contributed by atoms with Gasteiger partial charge in [-0.3, -0.25) is 0 Å². The summed E-state index contributed by atoms with van der Waals surface area (Å²) in [5, 5.41) is 16.9. The standard InChI is InChI=1S/C10H8N2O2/c1-10(13-7-11,14-8-12)9-5-3-2-4-6-9/h2-6H,1H3. The van der Waals surface area contributed by atoms with Gasteiger partial charge in [-0.1, -0.05) is 30.3 Å². The molecule has 0 fully saturated rings. The normalized spacial score (nSPS) is 9.64. The number of hydrogen-bond donors (Lipinski definition) is 0. The lowest BCUT2D eigenvalue weighted by atomic mass is 10.1. The van der Waals surface area contributed by atoms with Crippen LogP contribution in [0.1, 0.15) is 12.5 Å². The highest BCUT2D eigenvalue weighted by Crippen LogP contribution is 2.25. The van der Waals surface area contributed by atoms with Crippen LogP contribution in [-0.2, 0) is 15.3 Å². The maximum absolute atomic E-state index is 8.43. The van der Waals surface area contributed by atoms with E-state index in [0.29, 0.717) is 5.56 Å². The van der Waals surface area contributed by atoms with Crippen molar-refractivity contribution >= 4 is 0 Å². The van der Waals surface area contributed by atoms with E-state index in [1.807, 2.05) is 6.07 Å². The Balaban J connectivity index is 3.02. The molecule has 70 valence electrons. The van der Waals surface area contributed by atoms with Gasteiger partial charge in [0.05, 0.1) is 0 Å². The van der Waals surface area contributed by atoms with Crippen molar-refractivity contribution in [2.75, 3.05) is 0 Å². The maximum Gasteiger partial charge on any atom is 0.298 e. The number of rotatable bonds is 3. The van der Waals surface area contributed by atoms with Crippen molar-refractivity contribution in [3.63, 3.8) is 0 Å². The molecule has 4 heteroatoms. The van der Waals surface area contributed by atoms with E-state index in [9.17, 15) is 0 Å². The van der Waals surface area contributed by atoms with Gasteiger partial charge in [0.1, 0.15) is 0 Å². The molecule has 0 aliphatic rings. The summed E-state index contributed by atoms with van der Waals surface area (Å²) in [5.41, 5.74) is 0.614. The summed E-state index contributed by atoms with van der Waals surface area (Å²) in [6.07, 6.45) is 3.03. The van der Waals surface area contributed by atoms with Crippen molar-refractivity contribution in [2.24, 2.45) is 0 Å². The van der Waals surface area contributed by atoms with E-state index in [2.05, 4.69) is 0 Å². The van der Waals surface area contributed by atoms with Gasteiger partial charge in [0, 0.05) is 12.5 Å². The predicted octanol–water partition coefficient (Wildman–Crippen LogP) is 1.85. The number of benzene rings is 1. The largest absolute Gasteiger partial charge is 0.377 e. The van der Waals surface area contributed by atoms with Gasteiger partial charge in [-0.25, -0.2) is 0 Å². The van der Waals surface area contributed by atoms with Crippen LogP contribution in [0.4, 0.5) is 0 Å². The maximum atomic E-state index is 8.43. The number of ether oxygens (including phenoxy) is 2. The molecule has 1 aromatic carbocycles. The smallest absolute Gasteiger partial charge is 0.298 e. The lowest BCUT2D eigenvalue weighted by Gasteiger charge is -2.22. The zero-order valence-electron chi connectivity index (χ0n) is 7.60. The monoisotopic (exact) mass is 188 g/mol. The third kappa shape index (κ3) is 1.94. The van der Waals surface area contributed by atoms with E-state index in [0.717, 1.165) is 0 Å². The molecule has 0 saturated carbocycles. The molecule has 0 bridgehead atoms. The van der Waals surface area contributed by atoms with Crippen LogP contribution in [0.5, 0.6) is 0 Å². The first-order chi connectivity index (χ1) is 6.73. The van der Waals surface area contributed by atoms with Crippen LogP contribution in [0.15, 0.2) is 30.3 Å².